The molecule has 3 aromatic rings. The molecule has 0 unspecified atom stereocenters. The maximum atomic E-state index is 10.4. The van der Waals surface area contributed by atoms with Gasteiger partial charge in [0.05, 0.1) is 5.02 Å². The summed E-state index contributed by atoms with van der Waals surface area (Å²) in [4.78, 5) is 19.0. The van der Waals surface area contributed by atoms with Crippen molar-refractivity contribution in [2.75, 3.05) is 18.6 Å². The molecule has 0 aliphatic heterocycles. The number of rotatable bonds is 4. The minimum absolute atomic E-state index is 0.133. The van der Waals surface area contributed by atoms with Crippen LogP contribution in [0.1, 0.15) is 30.2 Å². The first-order valence-corrected chi connectivity index (χ1v) is 12.1. The predicted octanol–water partition coefficient (Wildman–Crippen LogP) is 6.19. The van der Waals surface area contributed by atoms with E-state index in [0.29, 0.717) is 32.0 Å². The Labute approximate surface area is 202 Å². The second kappa shape index (κ2) is 13.4. The Kier molecular flexibility index (Phi) is 10.9. The number of benzene rings is 2. The monoisotopic (exact) mass is 492 g/mol. The highest BCUT2D eigenvalue weighted by Crippen LogP contribution is 2.34. The number of hydrogen-bond acceptors (Lipinski definition) is 7. The van der Waals surface area contributed by atoms with Crippen molar-refractivity contribution in [1.82, 2.24) is 9.97 Å². The smallest absolute Gasteiger partial charge is 0.148 e. The Morgan fingerprint density at radius 1 is 1.12 bits per heavy atom. The van der Waals surface area contributed by atoms with E-state index >= 15 is 0 Å². The van der Waals surface area contributed by atoms with Crippen LogP contribution < -0.4 is 5.73 Å². The van der Waals surface area contributed by atoms with Gasteiger partial charge in [0, 0.05) is 17.2 Å². The van der Waals surface area contributed by atoms with E-state index in [1.807, 2.05) is 6.26 Å². The van der Waals surface area contributed by atoms with Gasteiger partial charge in [-0.15, -0.1) is 11.8 Å². The van der Waals surface area contributed by atoms with Crippen LogP contribution in [0.5, 0.6) is 0 Å². The largest absolute Gasteiger partial charge is 0.397 e. The zero-order valence-electron chi connectivity index (χ0n) is 18.0. The molecule has 1 aliphatic rings. The molecule has 32 heavy (non-hydrogen) atoms. The second-order valence-electron chi connectivity index (χ2n) is 6.76. The standard InChI is InChI=1S/C12H10Cl2N4OS.C9H10.C2H6O/c1-20-12-10(7-3-2-6(13)4-8(7)14)17-9(5-16-19)11(15)18-12;1-2-5-9-7-3-6-8(9)4-1;1-2-3/h2-4H,5H2,1H3,(H2,15,18);1-2,4-5H,3,6-7H2;3H,2H2,1H3. The first-order chi connectivity index (χ1) is 15.4. The zero-order valence-corrected chi connectivity index (χ0v) is 20.3. The lowest BCUT2D eigenvalue weighted by atomic mass is 10.1. The third-order valence-corrected chi connectivity index (χ3v) is 5.79. The van der Waals surface area contributed by atoms with Crippen LogP contribution in [0.15, 0.2) is 52.7 Å². The third kappa shape index (κ3) is 7.17. The van der Waals surface area contributed by atoms with Crippen LogP contribution in [0.2, 0.25) is 10.0 Å². The topological polar surface area (TPSA) is 101 Å². The molecule has 0 fully saturated rings. The Bertz CT molecular complexity index is 1030. The number of aliphatic hydroxyl groups excluding tert-OH is 1. The molecule has 1 aliphatic carbocycles. The van der Waals surface area contributed by atoms with E-state index in [1.165, 1.54) is 31.0 Å². The average molecular weight is 493 g/mol. The lowest BCUT2D eigenvalue weighted by Gasteiger charge is -2.11. The number of nitrogen functional groups attached to an aromatic ring is 1. The number of anilines is 1. The number of aromatic nitrogens is 2. The van der Waals surface area contributed by atoms with Gasteiger partial charge in [0.15, 0.2) is 0 Å². The van der Waals surface area contributed by atoms with Crippen LogP contribution in [-0.2, 0) is 19.4 Å². The summed E-state index contributed by atoms with van der Waals surface area (Å²) < 4.78 is 0. The summed E-state index contributed by atoms with van der Waals surface area (Å²) >= 11 is 13.5. The first kappa shape index (κ1) is 26.1. The van der Waals surface area contributed by atoms with Gasteiger partial charge in [-0.25, -0.2) is 9.97 Å². The van der Waals surface area contributed by atoms with Crippen LogP contribution in [-0.4, -0.2) is 27.9 Å². The van der Waals surface area contributed by atoms with Gasteiger partial charge in [0.25, 0.3) is 0 Å². The number of nitrogens with zero attached hydrogens (tertiary/aromatic N) is 3. The van der Waals surface area contributed by atoms with Crippen molar-refractivity contribution >= 4 is 40.8 Å². The molecule has 2 aromatic carbocycles. The lowest BCUT2D eigenvalue weighted by Crippen LogP contribution is -2.04. The molecule has 1 aromatic heterocycles. The molecule has 9 heteroatoms. The van der Waals surface area contributed by atoms with Gasteiger partial charge in [-0.05, 0) is 61.8 Å². The molecule has 0 radical (unpaired) electrons. The summed E-state index contributed by atoms with van der Waals surface area (Å²) in [5, 5.41) is 12.0. The molecule has 6 nitrogen and oxygen atoms in total. The Morgan fingerprint density at radius 3 is 2.28 bits per heavy atom. The normalized spacial score (nSPS) is 11.5. The highest BCUT2D eigenvalue weighted by molar-refractivity contribution is 7.98. The average Bonchev–Trinajstić information content (AvgIpc) is 3.25. The van der Waals surface area contributed by atoms with Crippen LogP contribution in [0, 0.1) is 4.91 Å². The maximum Gasteiger partial charge on any atom is 0.148 e. The summed E-state index contributed by atoms with van der Waals surface area (Å²) in [6.45, 7) is 1.80. The summed E-state index contributed by atoms with van der Waals surface area (Å²) in [6, 6.07) is 13.8. The van der Waals surface area contributed by atoms with Crippen LogP contribution in [0.4, 0.5) is 5.82 Å². The number of aliphatic hydroxyl groups is 1. The van der Waals surface area contributed by atoms with Crippen LogP contribution in [0.3, 0.4) is 0 Å². The molecule has 170 valence electrons. The van der Waals surface area contributed by atoms with Crippen LogP contribution >= 0.6 is 35.0 Å². The van der Waals surface area contributed by atoms with E-state index in [2.05, 4.69) is 39.4 Å². The second-order valence-corrected chi connectivity index (χ2v) is 8.40. The number of hydrogen-bond donors (Lipinski definition) is 2. The molecule has 0 atom stereocenters. The van der Waals surface area contributed by atoms with E-state index in [9.17, 15) is 4.91 Å². The fraction of sp³-hybridized carbons (Fsp3) is 0.304. The van der Waals surface area contributed by atoms with E-state index < -0.39 is 0 Å². The summed E-state index contributed by atoms with van der Waals surface area (Å²) in [7, 11) is 0. The molecule has 1 heterocycles. The van der Waals surface area contributed by atoms with E-state index in [0.717, 1.165) is 0 Å². The van der Waals surface area contributed by atoms with E-state index in [1.54, 1.807) is 36.2 Å². The fourth-order valence-corrected chi connectivity index (χ4v) is 4.19. The third-order valence-electron chi connectivity index (χ3n) is 4.57. The van der Waals surface area contributed by atoms with Gasteiger partial charge >= 0.3 is 0 Å². The Hall–Kier alpha value is -2.19. The number of halogens is 2. The highest BCUT2D eigenvalue weighted by Gasteiger charge is 2.16. The first-order valence-electron chi connectivity index (χ1n) is 10.1. The maximum absolute atomic E-state index is 10.4. The molecule has 0 saturated heterocycles. The summed E-state index contributed by atoms with van der Waals surface area (Å²) in [6.07, 6.45) is 5.82. The highest BCUT2D eigenvalue weighted by atomic mass is 35.5. The number of nitroso groups, excluding NO2 is 1. The van der Waals surface area contributed by atoms with Crippen molar-refractivity contribution in [1.29, 1.82) is 0 Å². The molecule has 3 N–H and O–H groups in total. The summed E-state index contributed by atoms with van der Waals surface area (Å²) in [5.74, 6) is 0.197. The van der Waals surface area contributed by atoms with Gasteiger partial charge < -0.3 is 10.8 Å². The summed E-state index contributed by atoms with van der Waals surface area (Å²) in [5.41, 5.74) is 10.5. The van der Waals surface area contributed by atoms with Crippen molar-refractivity contribution in [3.05, 3.63) is 74.2 Å². The number of nitrogens with two attached hydrogens (primary N) is 1. The van der Waals surface area contributed by atoms with Gasteiger partial charge in [0.1, 0.15) is 28.8 Å². The minimum atomic E-state index is -0.133. The number of aryl methyl sites for hydroxylation is 2. The van der Waals surface area contributed by atoms with E-state index in [4.69, 9.17) is 34.0 Å². The van der Waals surface area contributed by atoms with Crippen molar-refractivity contribution in [3.63, 3.8) is 0 Å². The Morgan fingerprint density at radius 2 is 1.75 bits per heavy atom. The molecule has 0 saturated carbocycles. The minimum Gasteiger partial charge on any atom is -0.397 e. The molecule has 0 amide bonds. The quantitative estimate of drug-likeness (QED) is 0.332. The molecule has 4 rings (SSSR count). The van der Waals surface area contributed by atoms with Crippen LogP contribution in [0.25, 0.3) is 11.3 Å². The van der Waals surface area contributed by atoms with Crippen molar-refractivity contribution < 1.29 is 5.11 Å². The number of thioether (sulfide) groups is 1. The van der Waals surface area contributed by atoms with E-state index in [-0.39, 0.29) is 19.0 Å². The van der Waals surface area contributed by atoms with Gasteiger partial charge in [-0.2, -0.15) is 4.91 Å². The SMILES string of the molecule is CCO.CSc1nc(N)c(CN=O)nc1-c1ccc(Cl)cc1Cl.c1ccc2c(c1)CCC2. The molecular weight excluding hydrogens is 467 g/mol. The Balaban J connectivity index is 0.000000248. The van der Waals surface area contributed by atoms with Gasteiger partial charge in [-0.3, -0.25) is 0 Å². The lowest BCUT2D eigenvalue weighted by molar-refractivity contribution is 0.318. The number of fused-ring (bicyclic) bond motifs is 1. The predicted molar refractivity (Wildman–Crippen MR) is 134 cm³/mol. The zero-order chi connectivity index (χ0) is 23.5. The molecule has 0 bridgehead atoms. The van der Waals surface area contributed by atoms with Gasteiger partial charge in [0.2, 0.25) is 0 Å². The van der Waals surface area contributed by atoms with Crippen molar-refractivity contribution in [2.45, 2.75) is 37.8 Å². The molecular formula is C23H26Cl2N4O2S. The van der Waals surface area contributed by atoms with Gasteiger partial charge in [-0.1, -0.05) is 52.6 Å². The molecule has 0 spiro atoms. The fourth-order valence-electron chi connectivity index (χ4n) is 3.16. The van der Waals surface area contributed by atoms with Crippen molar-refractivity contribution in [2.24, 2.45) is 5.18 Å². The van der Waals surface area contributed by atoms with Crippen molar-refractivity contribution in [3.8, 4) is 11.3 Å².